The summed E-state index contributed by atoms with van der Waals surface area (Å²) in [5, 5.41) is 3.24. The number of hydrogen-bond donors (Lipinski definition) is 1. The Morgan fingerprint density at radius 3 is 2.37 bits per heavy atom. The van der Waals surface area contributed by atoms with Crippen molar-refractivity contribution in [2.24, 2.45) is 0 Å². The second-order valence-electron chi connectivity index (χ2n) is 6.69. The Labute approximate surface area is 160 Å². The van der Waals surface area contributed by atoms with E-state index in [0.717, 1.165) is 12.8 Å². The Morgan fingerprint density at radius 1 is 1.07 bits per heavy atom. The van der Waals surface area contributed by atoms with Crippen LogP contribution in [0.15, 0.2) is 59.5 Å². The summed E-state index contributed by atoms with van der Waals surface area (Å²) in [7, 11) is -0.293. The Kier molecular flexibility index (Phi) is 5.82. The molecule has 0 spiro atoms. The molecule has 1 saturated heterocycles. The Hall–Kier alpha value is -2.38. The fraction of sp³-hybridized carbons (Fsp3) is 0.350. The minimum Gasteiger partial charge on any atom is -0.339 e. The molecule has 1 aliphatic rings. The van der Waals surface area contributed by atoms with Crippen molar-refractivity contribution < 1.29 is 13.2 Å². The van der Waals surface area contributed by atoms with Crippen LogP contribution < -0.4 is 9.62 Å². The number of likely N-dealkylation sites (tertiary alicyclic amines) is 1. The molecule has 0 aliphatic carbocycles. The number of piperidine rings is 1. The lowest BCUT2D eigenvalue weighted by atomic mass is 10.0. The van der Waals surface area contributed by atoms with Gasteiger partial charge in [-0.05, 0) is 50.2 Å². The zero-order chi connectivity index (χ0) is 19.4. The molecule has 144 valence electrons. The summed E-state index contributed by atoms with van der Waals surface area (Å²) in [6.45, 7) is 1.34. The molecule has 3 rings (SSSR count). The van der Waals surface area contributed by atoms with E-state index >= 15 is 0 Å². The highest BCUT2D eigenvalue weighted by molar-refractivity contribution is 7.92. The lowest BCUT2D eigenvalue weighted by molar-refractivity contribution is 0.0707. The standard InChI is InChI=1S/C20H25N3O3S/c1-21-17-11-13-23(14-12-17)20(24)16-7-6-10-19(15-16)27(25,26)22(2)18-8-4-3-5-9-18/h3-10,15,17,21H,11-14H2,1-2H3. The molecule has 1 aliphatic heterocycles. The number of carbonyl (C=O) groups excluding carboxylic acids is 1. The lowest BCUT2D eigenvalue weighted by Gasteiger charge is -2.32. The van der Waals surface area contributed by atoms with Crippen molar-refractivity contribution in [3.63, 3.8) is 0 Å². The van der Waals surface area contributed by atoms with Crippen molar-refractivity contribution in [1.82, 2.24) is 10.2 Å². The molecule has 27 heavy (non-hydrogen) atoms. The van der Waals surface area contributed by atoms with Crippen LogP contribution in [0.4, 0.5) is 5.69 Å². The van der Waals surface area contributed by atoms with Crippen molar-refractivity contribution in [1.29, 1.82) is 0 Å². The molecule has 0 atom stereocenters. The third-order valence-electron chi connectivity index (χ3n) is 5.05. The fourth-order valence-corrected chi connectivity index (χ4v) is 4.52. The van der Waals surface area contributed by atoms with Crippen LogP contribution in [0.5, 0.6) is 0 Å². The maximum absolute atomic E-state index is 13.0. The van der Waals surface area contributed by atoms with E-state index in [4.69, 9.17) is 0 Å². The van der Waals surface area contributed by atoms with Gasteiger partial charge in [-0.1, -0.05) is 24.3 Å². The molecule has 0 radical (unpaired) electrons. The minimum absolute atomic E-state index is 0.116. The minimum atomic E-state index is -3.74. The van der Waals surface area contributed by atoms with Gasteiger partial charge in [-0.25, -0.2) is 8.42 Å². The van der Waals surface area contributed by atoms with Crippen LogP contribution in [-0.4, -0.2) is 52.5 Å². The van der Waals surface area contributed by atoms with Crippen LogP contribution in [0.25, 0.3) is 0 Å². The number of amides is 1. The van der Waals surface area contributed by atoms with Crippen molar-refractivity contribution >= 4 is 21.6 Å². The molecule has 6 nitrogen and oxygen atoms in total. The molecular formula is C20H25N3O3S. The second-order valence-corrected chi connectivity index (χ2v) is 8.66. The van der Waals surface area contributed by atoms with Crippen LogP contribution in [0.1, 0.15) is 23.2 Å². The molecule has 1 N–H and O–H groups in total. The molecule has 0 aromatic heterocycles. The number of para-hydroxylation sites is 1. The van der Waals surface area contributed by atoms with Crippen molar-refractivity contribution in [3.8, 4) is 0 Å². The molecule has 1 heterocycles. The summed E-state index contributed by atoms with van der Waals surface area (Å²) in [5.74, 6) is -0.121. The van der Waals surface area contributed by atoms with Gasteiger partial charge < -0.3 is 10.2 Å². The summed E-state index contributed by atoms with van der Waals surface area (Å²) < 4.78 is 27.1. The van der Waals surface area contributed by atoms with Gasteiger partial charge in [0.05, 0.1) is 10.6 Å². The van der Waals surface area contributed by atoms with E-state index in [1.807, 2.05) is 13.1 Å². The molecule has 1 fully saturated rings. The third-order valence-corrected chi connectivity index (χ3v) is 6.83. The number of hydrogen-bond acceptors (Lipinski definition) is 4. The molecule has 0 saturated carbocycles. The summed E-state index contributed by atoms with van der Waals surface area (Å²) in [4.78, 5) is 14.7. The van der Waals surface area contributed by atoms with E-state index in [0.29, 0.717) is 30.4 Å². The number of carbonyl (C=O) groups is 1. The number of rotatable bonds is 5. The maximum atomic E-state index is 13.0. The SMILES string of the molecule is CNC1CCN(C(=O)c2cccc(S(=O)(=O)N(C)c3ccccc3)c2)CC1. The molecule has 2 aromatic rings. The monoisotopic (exact) mass is 387 g/mol. The van der Waals surface area contributed by atoms with Crippen molar-refractivity contribution in [3.05, 3.63) is 60.2 Å². The van der Waals surface area contributed by atoms with Gasteiger partial charge in [0.1, 0.15) is 0 Å². The van der Waals surface area contributed by atoms with Gasteiger partial charge in [0.15, 0.2) is 0 Å². The summed E-state index contributed by atoms with van der Waals surface area (Å²) >= 11 is 0. The van der Waals surface area contributed by atoms with Gasteiger partial charge in [-0.15, -0.1) is 0 Å². The van der Waals surface area contributed by atoms with Gasteiger partial charge in [-0.2, -0.15) is 0 Å². The molecule has 1 amide bonds. The van der Waals surface area contributed by atoms with Crippen molar-refractivity contribution in [2.45, 2.75) is 23.8 Å². The van der Waals surface area contributed by atoms with E-state index in [-0.39, 0.29) is 10.8 Å². The van der Waals surface area contributed by atoms with E-state index in [9.17, 15) is 13.2 Å². The van der Waals surface area contributed by atoms with Gasteiger partial charge in [0, 0.05) is 31.7 Å². The number of benzene rings is 2. The van der Waals surface area contributed by atoms with E-state index in [2.05, 4.69) is 5.32 Å². The van der Waals surface area contributed by atoms with E-state index < -0.39 is 10.0 Å². The first-order valence-corrected chi connectivity index (χ1v) is 10.5. The number of anilines is 1. The molecule has 0 unspecified atom stereocenters. The van der Waals surface area contributed by atoms with Gasteiger partial charge in [-0.3, -0.25) is 9.10 Å². The highest BCUT2D eigenvalue weighted by Gasteiger charge is 2.25. The van der Waals surface area contributed by atoms with Crippen molar-refractivity contribution in [2.75, 3.05) is 31.5 Å². The first kappa shape index (κ1) is 19.4. The topological polar surface area (TPSA) is 69.7 Å². The predicted octanol–water partition coefficient (Wildman–Crippen LogP) is 2.34. The number of nitrogens with zero attached hydrogens (tertiary/aromatic N) is 2. The van der Waals surface area contributed by atoms with Gasteiger partial charge in [0.2, 0.25) is 0 Å². The number of sulfonamides is 1. The van der Waals surface area contributed by atoms with Crippen LogP contribution >= 0.6 is 0 Å². The highest BCUT2D eigenvalue weighted by Crippen LogP contribution is 2.23. The Morgan fingerprint density at radius 2 is 1.74 bits per heavy atom. The Balaban J connectivity index is 1.82. The van der Waals surface area contributed by atoms with Gasteiger partial charge in [0.25, 0.3) is 15.9 Å². The van der Waals surface area contributed by atoms with E-state index in [1.54, 1.807) is 41.3 Å². The zero-order valence-electron chi connectivity index (χ0n) is 15.6. The zero-order valence-corrected chi connectivity index (χ0v) is 16.4. The molecule has 2 aromatic carbocycles. The highest BCUT2D eigenvalue weighted by atomic mass is 32.2. The molecule has 0 bridgehead atoms. The predicted molar refractivity (Wildman–Crippen MR) is 106 cm³/mol. The third kappa shape index (κ3) is 4.14. The number of nitrogens with one attached hydrogen (secondary N) is 1. The largest absolute Gasteiger partial charge is 0.339 e. The first-order chi connectivity index (χ1) is 12.9. The van der Waals surface area contributed by atoms with Gasteiger partial charge >= 0.3 is 0 Å². The van der Waals surface area contributed by atoms with Crippen LogP contribution in [0.3, 0.4) is 0 Å². The first-order valence-electron chi connectivity index (χ1n) is 9.04. The maximum Gasteiger partial charge on any atom is 0.264 e. The normalized spacial score (nSPS) is 15.6. The van der Waals surface area contributed by atoms with Crippen LogP contribution in [0, 0.1) is 0 Å². The Bertz CT molecular complexity index is 892. The molecule has 7 heteroatoms. The average Bonchev–Trinajstić information content (AvgIpc) is 2.73. The second kappa shape index (κ2) is 8.10. The summed E-state index contributed by atoms with van der Waals surface area (Å²) in [6.07, 6.45) is 1.80. The average molecular weight is 388 g/mol. The van der Waals surface area contributed by atoms with E-state index in [1.165, 1.54) is 23.5 Å². The lowest BCUT2D eigenvalue weighted by Crippen LogP contribution is -2.44. The summed E-state index contributed by atoms with van der Waals surface area (Å²) in [6, 6.07) is 15.6. The van der Waals surface area contributed by atoms with Crippen LogP contribution in [-0.2, 0) is 10.0 Å². The summed E-state index contributed by atoms with van der Waals surface area (Å²) in [5.41, 5.74) is 0.976. The smallest absolute Gasteiger partial charge is 0.264 e. The fourth-order valence-electron chi connectivity index (χ4n) is 3.28. The quantitative estimate of drug-likeness (QED) is 0.855. The van der Waals surface area contributed by atoms with Crippen LogP contribution in [0.2, 0.25) is 0 Å². The molecular weight excluding hydrogens is 362 g/mol.